The van der Waals surface area contributed by atoms with Gasteiger partial charge in [0.2, 0.25) is 0 Å². The zero-order valence-corrected chi connectivity index (χ0v) is 12.9. The zero-order chi connectivity index (χ0) is 13.9. The van der Waals surface area contributed by atoms with Crippen LogP contribution in [0.15, 0.2) is 29.2 Å². The Morgan fingerprint density at radius 1 is 1.35 bits per heavy atom. The van der Waals surface area contributed by atoms with E-state index >= 15 is 0 Å². The van der Waals surface area contributed by atoms with E-state index in [0.29, 0.717) is 18.0 Å². The van der Waals surface area contributed by atoms with Crippen LogP contribution in [0.2, 0.25) is 0 Å². The summed E-state index contributed by atoms with van der Waals surface area (Å²) in [6, 6.07) is 6.00. The van der Waals surface area contributed by atoms with E-state index in [2.05, 4.69) is 10.6 Å². The van der Waals surface area contributed by atoms with Crippen LogP contribution in [0.5, 0.6) is 0 Å². The average Bonchev–Trinajstić information content (AvgIpc) is 2.88. The Hall–Kier alpha value is -1.11. The molecule has 0 radical (unpaired) electrons. The van der Waals surface area contributed by atoms with E-state index in [1.54, 1.807) is 12.1 Å². The highest BCUT2D eigenvalue weighted by Gasteiger charge is 2.16. The molecule has 1 aliphatic heterocycles. The lowest BCUT2D eigenvalue weighted by Crippen LogP contribution is -2.30. The van der Waals surface area contributed by atoms with Gasteiger partial charge in [-0.05, 0) is 49.7 Å². The second-order valence-electron chi connectivity index (χ2n) is 4.87. The van der Waals surface area contributed by atoms with E-state index < -0.39 is 9.84 Å². The van der Waals surface area contributed by atoms with E-state index in [-0.39, 0.29) is 23.2 Å². The number of carbonyl (C=O) groups is 1. The van der Waals surface area contributed by atoms with Gasteiger partial charge >= 0.3 is 0 Å². The summed E-state index contributed by atoms with van der Waals surface area (Å²) in [6.45, 7) is 2.59. The monoisotopic (exact) mass is 318 g/mol. The predicted octanol–water partition coefficient (Wildman–Crippen LogP) is 0.851. The first-order chi connectivity index (χ1) is 8.97. The van der Waals surface area contributed by atoms with E-state index in [9.17, 15) is 13.2 Å². The quantitative estimate of drug-likeness (QED) is 0.863. The first-order valence-electron chi connectivity index (χ1n) is 6.26. The molecule has 1 saturated heterocycles. The van der Waals surface area contributed by atoms with Crippen molar-refractivity contribution in [3.63, 3.8) is 0 Å². The first kappa shape index (κ1) is 16.9. The van der Waals surface area contributed by atoms with Gasteiger partial charge in [-0.3, -0.25) is 4.79 Å². The fraction of sp³-hybridized carbons (Fsp3) is 0.462. The number of amides is 1. The fourth-order valence-electron chi connectivity index (χ4n) is 2.08. The Kier molecular flexibility index (Phi) is 5.98. The van der Waals surface area contributed by atoms with Gasteiger partial charge in [0, 0.05) is 18.4 Å². The van der Waals surface area contributed by atoms with Gasteiger partial charge < -0.3 is 10.6 Å². The highest BCUT2D eigenvalue weighted by Crippen LogP contribution is 2.11. The summed E-state index contributed by atoms with van der Waals surface area (Å²) in [5, 5.41) is 6.11. The molecular formula is C13H19ClN2O3S. The summed E-state index contributed by atoms with van der Waals surface area (Å²) in [5.74, 6) is 0.325. The van der Waals surface area contributed by atoms with Gasteiger partial charge in [-0.2, -0.15) is 0 Å². The second kappa shape index (κ2) is 7.06. The summed E-state index contributed by atoms with van der Waals surface area (Å²) in [6.07, 6.45) is 2.22. The Morgan fingerprint density at radius 2 is 2.00 bits per heavy atom. The molecule has 2 N–H and O–H groups in total. The highest BCUT2D eigenvalue weighted by molar-refractivity contribution is 7.90. The number of nitrogens with one attached hydrogen (secondary N) is 2. The van der Waals surface area contributed by atoms with Gasteiger partial charge in [-0.25, -0.2) is 8.42 Å². The van der Waals surface area contributed by atoms with E-state index in [0.717, 1.165) is 25.8 Å². The van der Waals surface area contributed by atoms with Gasteiger partial charge in [0.15, 0.2) is 9.84 Å². The van der Waals surface area contributed by atoms with Crippen LogP contribution in [-0.2, 0) is 9.84 Å². The van der Waals surface area contributed by atoms with Crippen molar-refractivity contribution in [2.24, 2.45) is 5.92 Å². The number of halogens is 1. The molecule has 1 unspecified atom stereocenters. The van der Waals surface area contributed by atoms with Crippen LogP contribution in [0, 0.1) is 5.92 Å². The molecule has 0 bridgehead atoms. The number of carbonyl (C=O) groups excluding carboxylic acids is 1. The Balaban J connectivity index is 0.00000200. The van der Waals surface area contributed by atoms with Crippen molar-refractivity contribution in [2.75, 3.05) is 25.9 Å². The fourth-order valence-corrected chi connectivity index (χ4v) is 2.71. The molecule has 2 rings (SSSR count). The van der Waals surface area contributed by atoms with Crippen molar-refractivity contribution in [2.45, 2.75) is 11.3 Å². The molecule has 1 heterocycles. The van der Waals surface area contributed by atoms with E-state index in [1.165, 1.54) is 12.1 Å². The van der Waals surface area contributed by atoms with Crippen LogP contribution in [-0.4, -0.2) is 40.2 Å². The topological polar surface area (TPSA) is 75.3 Å². The van der Waals surface area contributed by atoms with Gasteiger partial charge in [-0.15, -0.1) is 12.4 Å². The maximum absolute atomic E-state index is 11.9. The molecule has 1 fully saturated rings. The molecule has 20 heavy (non-hydrogen) atoms. The summed E-state index contributed by atoms with van der Waals surface area (Å²) in [7, 11) is -3.21. The van der Waals surface area contributed by atoms with Crippen molar-refractivity contribution < 1.29 is 13.2 Å². The van der Waals surface area contributed by atoms with Crippen LogP contribution in [0.25, 0.3) is 0 Å². The molecule has 1 atom stereocenters. The molecule has 1 aromatic carbocycles. The van der Waals surface area contributed by atoms with Gasteiger partial charge in [0.25, 0.3) is 5.91 Å². The minimum Gasteiger partial charge on any atom is -0.352 e. The first-order valence-corrected chi connectivity index (χ1v) is 8.15. The summed E-state index contributed by atoms with van der Waals surface area (Å²) >= 11 is 0. The van der Waals surface area contributed by atoms with Gasteiger partial charge in [0.05, 0.1) is 4.90 Å². The third-order valence-corrected chi connectivity index (χ3v) is 4.39. The molecule has 1 aliphatic rings. The lowest BCUT2D eigenvalue weighted by Gasteiger charge is -2.10. The van der Waals surface area contributed by atoms with E-state index in [4.69, 9.17) is 0 Å². The lowest BCUT2D eigenvalue weighted by atomic mass is 10.1. The highest BCUT2D eigenvalue weighted by atomic mass is 35.5. The number of hydrogen-bond donors (Lipinski definition) is 2. The minimum absolute atomic E-state index is 0. The smallest absolute Gasteiger partial charge is 0.251 e. The number of rotatable bonds is 4. The maximum atomic E-state index is 11.9. The number of hydrogen-bond acceptors (Lipinski definition) is 4. The van der Waals surface area contributed by atoms with Crippen LogP contribution in [0.4, 0.5) is 0 Å². The minimum atomic E-state index is -3.21. The standard InChI is InChI=1S/C13H18N2O3S.ClH/c1-19(17,18)12-4-2-11(3-5-12)13(16)15-9-10-6-7-14-8-10;/h2-5,10,14H,6-9H2,1H3,(H,15,16);1H. The molecule has 0 spiro atoms. The SMILES string of the molecule is CS(=O)(=O)c1ccc(C(=O)NCC2CCNC2)cc1.Cl. The molecule has 0 aliphatic carbocycles. The van der Waals surface area contributed by atoms with Crippen LogP contribution < -0.4 is 10.6 Å². The van der Waals surface area contributed by atoms with Crippen molar-refractivity contribution >= 4 is 28.2 Å². The summed E-state index contributed by atoms with van der Waals surface area (Å²) in [5.41, 5.74) is 0.485. The zero-order valence-electron chi connectivity index (χ0n) is 11.3. The van der Waals surface area contributed by atoms with Gasteiger partial charge in [0.1, 0.15) is 0 Å². The van der Waals surface area contributed by atoms with Gasteiger partial charge in [-0.1, -0.05) is 0 Å². The summed E-state index contributed by atoms with van der Waals surface area (Å²) in [4.78, 5) is 12.1. The second-order valence-corrected chi connectivity index (χ2v) is 6.88. The maximum Gasteiger partial charge on any atom is 0.251 e. The third kappa shape index (κ3) is 4.47. The average molecular weight is 319 g/mol. The van der Waals surface area contributed by atoms with Crippen LogP contribution in [0.1, 0.15) is 16.8 Å². The van der Waals surface area contributed by atoms with Crippen molar-refractivity contribution in [1.29, 1.82) is 0 Å². The lowest BCUT2D eigenvalue weighted by molar-refractivity contribution is 0.0948. The van der Waals surface area contributed by atoms with Crippen molar-refractivity contribution in [1.82, 2.24) is 10.6 Å². The largest absolute Gasteiger partial charge is 0.352 e. The van der Waals surface area contributed by atoms with Crippen LogP contribution >= 0.6 is 12.4 Å². The van der Waals surface area contributed by atoms with E-state index in [1.807, 2.05) is 0 Å². The molecule has 112 valence electrons. The van der Waals surface area contributed by atoms with Crippen molar-refractivity contribution in [3.8, 4) is 0 Å². The number of benzene rings is 1. The molecule has 1 aromatic rings. The Morgan fingerprint density at radius 3 is 2.50 bits per heavy atom. The van der Waals surface area contributed by atoms with Crippen molar-refractivity contribution in [3.05, 3.63) is 29.8 Å². The molecule has 7 heteroatoms. The molecule has 0 aromatic heterocycles. The van der Waals surface area contributed by atoms with Crippen LogP contribution in [0.3, 0.4) is 0 Å². The molecule has 0 saturated carbocycles. The summed E-state index contributed by atoms with van der Waals surface area (Å²) < 4.78 is 22.6. The molecular weight excluding hydrogens is 300 g/mol. The number of sulfone groups is 1. The third-order valence-electron chi connectivity index (χ3n) is 3.26. The predicted molar refractivity (Wildman–Crippen MR) is 80.1 cm³/mol. The molecule has 5 nitrogen and oxygen atoms in total. The Bertz CT molecular complexity index is 551. The Labute approximate surface area is 125 Å². The normalized spacial score (nSPS) is 18.4. The molecule has 1 amide bonds.